The molecule has 1 atom stereocenters. The highest BCUT2D eigenvalue weighted by Crippen LogP contribution is 2.31. The van der Waals surface area contributed by atoms with E-state index < -0.39 is 39.3 Å². The average Bonchev–Trinajstić information content (AvgIpc) is 3.16. The van der Waals surface area contributed by atoms with Crippen LogP contribution in [-0.4, -0.2) is 66.5 Å². The third-order valence-corrected chi connectivity index (χ3v) is 8.12. The molecule has 11 heteroatoms. The number of benzene rings is 2. The zero-order valence-corrected chi connectivity index (χ0v) is 22.7. The van der Waals surface area contributed by atoms with E-state index in [4.69, 9.17) is 9.47 Å². The monoisotopic (exact) mass is 543 g/mol. The first kappa shape index (κ1) is 27.6. The smallest absolute Gasteiger partial charge is 0.407 e. The fourth-order valence-electron chi connectivity index (χ4n) is 4.46. The second-order valence-electron chi connectivity index (χ2n) is 10.6. The van der Waals surface area contributed by atoms with Gasteiger partial charge in [-0.25, -0.2) is 17.2 Å². The third kappa shape index (κ3) is 5.85. The minimum absolute atomic E-state index is 0.158. The predicted octanol–water partition coefficient (Wildman–Crippen LogP) is 3.07. The van der Waals surface area contributed by atoms with E-state index in [0.717, 1.165) is 5.56 Å². The van der Waals surface area contributed by atoms with Crippen molar-refractivity contribution in [2.75, 3.05) is 19.8 Å². The molecule has 38 heavy (non-hydrogen) atoms. The molecule has 1 aromatic heterocycles. The summed E-state index contributed by atoms with van der Waals surface area (Å²) in [5, 5.41) is 15.9. The van der Waals surface area contributed by atoms with Gasteiger partial charge in [0.25, 0.3) is 10.0 Å². The standard InChI is InChI=1S/C27H33N3O7S/c1-18-9-11-20(12-10-18)38(34,35)30-15-19(21-7-5-6-8-22(21)30)13-23(29-25(33)37-26(2,3)4)27(16-36-17-27)28-14-24(31)32/h5-12,15,23,28H,13-14,16-17H2,1-4H3,(H,29,33)(H,31,32). The number of rotatable bonds is 9. The average molecular weight is 544 g/mol. The summed E-state index contributed by atoms with van der Waals surface area (Å²) >= 11 is 0. The summed E-state index contributed by atoms with van der Waals surface area (Å²) in [7, 11) is -3.91. The first-order valence-electron chi connectivity index (χ1n) is 12.3. The molecule has 0 aliphatic carbocycles. The number of nitrogens with one attached hydrogen (secondary N) is 2. The van der Waals surface area contributed by atoms with Crippen LogP contribution in [0.3, 0.4) is 0 Å². The van der Waals surface area contributed by atoms with Gasteiger partial charge in [-0.2, -0.15) is 0 Å². The predicted molar refractivity (Wildman–Crippen MR) is 142 cm³/mol. The van der Waals surface area contributed by atoms with E-state index in [9.17, 15) is 23.1 Å². The number of carboxylic acid groups (broad SMARTS) is 1. The normalized spacial score (nSPS) is 16.0. The Bertz CT molecular complexity index is 1440. The Hall–Kier alpha value is -3.41. The lowest BCUT2D eigenvalue weighted by molar-refractivity contribution is -0.139. The summed E-state index contributed by atoms with van der Waals surface area (Å²) in [6.45, 7) is 7.12. The number of aliphatic carboxylic acids is 1. The Morgan fingerprint density at radius 1 is 1.13 bits per heavy atom. The van der Waals surface area contributed by atoms with Crippen LogP contribution >= 0.6 is 0 Å². The second-order valence-corrected chi connectivity index (χ2v) is 12.4. The molecular formula is C27H33N3O7S. The van der Waals surface area contributed by atoms with Crippen molar-refractivity contribution in [3.8, 4) is 0 Å². The van der Waals surface area contributed by atoms with Crippen LogP contribution < -0.4 is 10.6 Å². The summed E-state index contributed by atoms with van der Waals surface area (Å²) < 4.78 is 39.4. The van der Waals surface area contributed by atoms with E-state index in [1.54, 1.807) is 63.4 Å². The maximum atomic E-state index is 13.6. The summed E-state index contributed by atoms with van der Waals surface area (Å²) in [5.74, 6) is -1.05. The number of carbonyl (C=O) groups excluding carboxylic acids is 1. The van der Waals surface area contributed by atoms with Gasteiger partial charge in [-0.05, 0) is 57.9 Å². The van der Waals surface area contributed by atoms with Crippen molar-refractivity contribution in [1.82, 2.24) is 14.6 Å². The van der Waals surface area contributed by atoms with Crippen molar-refractivity contribution in [3.05, 3.63) is 65.9 Å². The van der Waals surface area contributed by atoms with E-state index in [1.165, 1.54) is 3.97 Å². The van der Waals surface area contributed by atoms with Crippen LogP contribution in [0.1, 0.15) is 31.9 Å². The highest BCUT2D eigenvalue weighted by molar-refractivity contribution is 7.90. The maximum absolute atomic E-state index is 13.6. The number of ether oxygens (including phenoxy) is 2. The lowest BCUT2D eigenvalue weighted by Crippen LogP contribution is -2.72. The summed E-state index contributed by atoms with van der Waals surface area (Å²) in [4.78, 5) is 24.3. The summed E-state index contributed by atoms with van der Waals surface area (Å²) in [6, 6.07) is 13.1. The Morgan fingerprint density at radius 3 is 2.37 bits per heavy atom. The largest absolute Gasteiger partial charge is 0.480 e. The van der Waals surface area contributed by atoms with E-state index in [1.807, 2.05) is 19.1 Å². The number of fused-ring (bicyclic) bond motifs is 1. The molecule has 0 bridgehead atoms. The Balaban J connectivity index is 1.75. The molecule has 1 fully saturated rings. The maximum Gasteiger partial charge on any atom is 0.407 e. The zero-order chi connectivity index (χ0) is 27.7. The van der Waals surface area contributed by atoms with Gasteiger partial charge in [0.05, 0.1) is 41.8 Å². The van der Waals surface area contributed by atoms with Gasteiger partial charge >= 0.3 is 12.1 Å². The molecule has 2 heterocycles. The van der Waals surface area contributed by atoms with E-state index in [-0.39, 0.29) is 31.1 Å². The molecule has 1 aliphatic heterocycles. The van der Waals surface area contributed by atoms with Gasteiger partial charge < -0.3 is 19.9 Å². The molecule has 1 unspecified atom stereocenters. The minimum atomic E-state index is -3.91. The SMILES string of the molecule is Cc1ccc(S(=O)(=O)n2cc(CC(NC(=O)OC(C)(C)C)C3(NCC(=O)O)COC3)c3ccccc32)cc1. The Kier molecular flexibility index (Phi) is 7.55. The lowest BCUT2D eigenvalue weighted by Gasteiger charge is -2.47. The minimum Gasteiger partial charge on any atom is -0.480 e. The van der Waals surface area contributed by atoms with Crippen LogP contribution in [0.4, 0.5) is 4.79 Å². The van der Waals surface area contributed by atoms with Crippen LogP contribution in [0.2, 0.25) is 0 Å². The third-order valence-electron chi connectivity index (χ3n) is 6.43. The molecule has 4 rings (SSSR count). The Morgan fingerprint density at radius 2 is 1.79 bits per heavy atom. The number of amides is 1. The van der Waals surface area contributed by atoms with Gasteiger partial charge in [0.2, 0.25) is 0 Å². The number of aromatic nitrogens is 1. The van der Waals surface area contributed by atoms with Gasteiger partial charge in [0, 0.05) is 11.6 Å². The fraction of sp³-hybridized carbons (Fsp3) is 0.407. The van der Waals surface area contributed by atoms with Gasteiger partial charge in [-0.3, -0.25) is 10.1 Å². The van der Waals surface area contributed by atoms with Crippen molar-refractivity contribution in [3.63, 3.8) is 0 Å². The van der Waals surface area contributed by atoms with Gasteiger partial charge in [0.15, 0.2) is 0 Å². The molecule has 1 saturated heterocycles. The van der Waals surface area contributed by atoms with Crippen molar-refractivity contribution in [2.45, 2.75) is 56.2 Å². The number of para-hydroxylation sites is 1. The molecule has 0 spiro atoms. The molecule has 10 nitrogen and oxygen atoms in total. The quantitative estimate of drug-likeness (QED) is 0.375. The molecule has 0 saturated carbocycles. The van der Waals surface area contributed by atoms with Gasteiger partial charge in [-0.15, -0.1) is 0 Å². The lowest BCUT2D eigenvalue weighted by atomic mass is 9.83. The number of alkyl carbamates (subject to hydrolysis) is 1. The van der Waals surface area contributed by atoms with Gasteiger partial charge in [0.1, 0.15) is 5.60 Å². The number of carbonyl (C=O) groups is 2. The van der Waals surface area contributed by atoms with Crippen molar-refractivity contribution in [1.29, 1.82) is 0 Å². The number of carboxylic acids is 1. The van der Waals surface area contributed by atoms with Crippen molar-refractivity contribution in [2.24, 2.45) is 0 Å². The molecule has 0 radical (unpaired) electrons. The number of hydrogen-bond donors (Lipinski definition) is 3. The van der Waals surface area contributed by atoms with Crippen LogP contribution in [-0.2, 0) is 30.7 Å². The number of aryl methyl sites for hydroxylation is 1. The van der Waals surface area contributed by atoms with Gasteiger partial charge in [-0.1, -0.05) is 35.9 Å². The Labute approximate surface area is 222 Å². The zero-order valence-electron chi connectivity index (χ0n) is 21.9. The van der Waals surface area contributed by atoms with Crippen LogP contribution in [0.5, 0.6) is 0 Å². The van der Waals surface area contributed by atoms with E-state index in [0.29, 0.717) is 16.5 Å². The first-order valence-corrected chi connectivity index (χ1v) is 13.7. The summed E-state index contributed by atoms with van der Waals surface area (Å²) in [6.07, 6.45) is 1.10. The number of hydrogen-bond acceptors (Lipinski definition) is 7. The molecule has 1 amide bonds. The van der Waals surface area contributed by atoms with Crippen LogP contribution in [0.25, 0.3) is 10.9 Å². The highest BCUT2D eigenvalue weighted by Gasteiger charge is 2.47. The van der Waals surface area contributed by atoms with E-state index in [2.05, 4.69) is 10.6 Å². The molecule has 3 aromatic rings. The van der Waals surface area contributed by atoms with Crippen molar-refractivity contribution >= 4 is 33.0 Å². The van der Waals surface area contributed by atoms with Crippen LogP contribution in [0, 0.1) is 6.92 Å². The van der Waals surface area contributed by atoms with Crippen LogP contribution in [0.15, 0.2) is 59.6 Å². The topological polar surface area (TPSA) is 136 Å². The van der Waals surface area contributed by atoms with E-state index >= 15 is 0 Å². The molecular weight excluding hydrogens is 510 g/mol. The highest BCUT2D eigenvalue weighted by atomic mass is 32.2. The molecule has 3 N–H and O–H groups in total. The molecule has 1 aliphatic rings. The fourth-order valence-corrected chi connectivity index (χ4v) is 5.85. The molecule has 2 aromatic carbocycles. The first-order chi connectivity index (χ1) is 17.8. The summed E-state index contributed by atoms with van der Waals surface area (Å²) in [5.41, 5.74) is 0.482. The van der Waals surface area contributed by atoms with Crippen molar-refractivity contribution < 1.29 is 32.6 Å². The number of nitrogens with zero attached hydrogens (tertiary/aromatic N) is 1. The molecule has 204 valence electrons. The second kappa shape index (κ2) is 10.4.